The Hall–Kier alpha value is -0.220. The molecule has 0 atom stereocenters. The van der Waals surface area contributed by atoms with Crippen molar-refractivity contribution >= 4 is 34.6 Å². The highest BCUT2D eigenvalue weighted by Crippen LogP contribution is 1.81. The lowest BCUT2D eigenvalue weighted by Crippen LogP contribution is -1.90. The molecular formula is C3H2INO2. The number of nitrogens with zero attached hydrogens (tertiary/aromatic N) is 1. The van der Waals surface area contributed by atoms with Gasteiger partial charge < -0.3 is 0 Å². The van der Waals surface area contributed by atoms with Crippen LogP contribution in [0.3, 0.4) is 0 Å². The zero-order valence-electron chi connectivity index (χ0n) is 3.35. The minimum atomic E-state index is -0.435. The summed E-state index contributed by atoms with van der Waals surface area (Å²) >= 11 is 1.81. The van der Waals surface area contributed by atoms with Crippen molar-refractivity contribution in [1.82, 2.24) is 0 Å². The summed E-state index contributed by atoms with van der Waals surface area (Å²) in [6, 6.07) is 0. The average molecular weight is 211 g/mol. The second-order valence-electron chi connectivity index (χ2n) is 0.730. The van der Waals surface area contributed by atoms with E-state index in [1.54, 1.807) is 0 Å². The van der Waals surface area contributed by atoms with Crippen molar-refractivity contribution in [2.75, 3.05) is 4.43 Å². The van der Waals surface area contributed by atoms with Crippen molar-refractivity contribution in [2.45, 2.75) is 0 Å². The van der Waals surface area contributed by atoms with E-state index in [1.807, 2.05) is 22.6 Å². The lowest BCUT2D eigenvalue weighted by Gasteiger charge is -1.71. The molecule has 0 heterocycles. The molecule has 0 aromatic heterocycles. The molecule has 0 unspecified atom stereocenters. The monoisotopic (exact) mass is 211 g/mol. The van der Waals surface area contributed by atoms with E-state index in [2.05, 4.69) is 4.99 Å². The predicted octanol–water partition coefficient (Wildman–Crippen LogP) is 0.284. The van der Waals surface area contributed by atoms with Crippen molar-refractivity contribution in [3.8, 4) is 0 Å². The molecule has 0 aliphatic rings. The smallest absolute Gasteiger partial charge is 0.266 e. The van der Waals surface area contributed by atoms with Crippen LogP contribution < -0.4 is 0 Å². The number of hydrogen-bond acceptors (Lipinski definition) is 2. The van der Waals surface area contributed by atoms with E-state index >= 15 is 0 Å². The van der Waals surface area contributed by atoms with Crippen LogP contribution in [0.2, 0.25) is 0 Å². The van der Waals surface area contributed by atoms with E-state index in [1.165, 1.54) is 0 Å². The standard InChI is InChI=1S/C3H2INO2/c4-1-3(7)5-2-6/h1H2. The molecule has 0 aromatic rings. The maximum atomic E-state index is 9.98. The zero-order valence-corrected chi connectivity index (χ0v) is 5.51. The maximum Gasteiger partial charge on any atom is 0.266 e. The summed E-state index contributed by atoms with van der Waals surface area (Å²) in [5.41, 5.74) is 0. The summed E-state index contributed by atoms with van der Waals surface area (Å²) in [7, 11) is 0. The first kappa shape index (κ1) is 6.78. The SMILES string of the molecule is O=C=NC(=O)CI. The van der Waals surface area contributed by atoms with Gasteiger partial charge in [-0.1, -0.05) is 22.6 Å². The third kappa shape index (κ3) is 3.61. The fraction of sp³-hybridized carbons (Fsp3) is 0.333. The van der Waals surface area contributed by atoms with Crippen molar-refractivity contribution in [3.63, 3.8) is 0 Å². The molecule has 0 aliphatic carbocycles. The Balaban J connectivity index is 3.58. The van der Waals surface area contributed by atoms with E-state index in [0.29, 0.717) is 0 Å². The Morgan fingerprint density at radius 2 is 2.43 bits per heavy atom. The van der Waals surface area contributed by atoms with Gasteiger partial charge in [-0.05, 0) is 0 Å². The molecule has 0 radical (unpaired) electrons. The van der Waals surface area contributed by atoms with Gasteiger partial charge in [-0.3, -0.25) is 4.79 Å². The lowest BCUT2D eigenvalue weighted by atomic mass is 10.8. The second-order valence-corrected chi connectivity index (χ2v) is 1.49. The molecule has 0 spiro atoms. The third-order valence-electron chi connectivity index (χ3n) is 0.285. The number of rotatable bonds is 1. The highest BCUT2D eigenvalue weighted by Gasteiger charge is 1.88. The molecular weight excluding hydrogens is 209 g/mol. The highest BCUT2D eigenvalue weighted by molar-refractivity contribution is 14.1. The number of amides is 1. The number of isocyanates is 1. The highest BCUT2D eigenvalue weighted by atomic mass is 127. The van der Waals surface area contributed by atoms with Crippen LogP contribution in [0.1, 0.15) is 0 Å². The quantitative estimate of drug-likeness (QED) is 0.270. The van der Waals surface area contributed by atoms with E-state index in [4.69, 9.17) is 0 Å². The van der Waals surface area contributed by atoms with Crippen molar-refractivity contribution in [1.29, 1.82) is 0 Å². The van der Waals surface area contributed by atoms with Crippen LogP contribution in [0.25, 0.3) is 0 Å². The summed E-state index contributed by atoms with van der Waals surface area (Å²) in [5, 5.41) is 0. The van der Waals surface area contributed by atoms with Gasteiger partial charge >= 0.3 is 0 Å². The van der Waals surface area contributed by atoms with Crippen LogP contribution >= 0.6 is 22.6 Å². The number of alkyl halides is 1. The summed E-state index contributed by atoms with van der Waals surface area (Å²) in [5.74, 6) is -0.435. The first-order valence-electron chi connectivity index (χ1n) is 1.48. The Kier molecular flexibility index (Phi) is 3.83. The molecule has 0 saturated heterocycles. The van der Waals surface area contributed by atoms with Gasteiger partial charge in [0.1, 0.15) is 0 Å². The second kappa shape index (κ2) is 3.95. The predicted molar refractivity (Wildman–Crippen MR) is 32.0 cm³/mol. The van der Waals surface area contributed by atoms with Gasteiger partial charge in [0.05, 0.1) is 4.43 Å². The summed E-state index contributed by atoms with van der Waals surface area (Å²) in [4.78, 5) is 22.0. The Labute approximate surface area is 53.9 Å². The Morgan fingerprint density at radius 3 is 2.57 bits per heavy atom. The van der Waals surface area contributed by atoms with Crippen molar-refractivity contribution < 1.29 is 9.59 Å². The first-order valence-corrected chi connectivity index (χ1v) is 3.00. The topological polar surface area (TPSA) is 46.5 Å². The fourth-order valence-corrected chi connectivity index (χ4v) is 0.251. The van der Waals surface area contributed by atoms with Crippen LogP contribution in [-0.2, 0) is 9.59 Å². The van der Waals surface area contributed by atoms with Gasteiger partial charge in [-0.2, -0.15) is 0 Å². The summed E-state index contributed by atoms with van der Waals surface area (Å²) < 4.78 is 0.243. The van der Waals surface area contributed by atoms with Crippen LogP contribution in [0.5, 0.6) is 0 Å². The van der Waals surface area contributed by atoms with Crippen LogP contribution in [0.4, 0.5) is 0 Å². The molecule has 3 nitrogen and oxygen atoms in total. The summed E-state index contributed by atoms with van der Waals surface area (Å²) in [6.07, 6.45) is 1.14. The fourth-order valence-electron chi connectivity index (χ4n) is 0.0808. The van der Waals surface area contributed by atoms with Gasteiger partial charge in [0.25, 0.3) is 5.91 Å². The first-order chi connectivity index (χ1) is 3.31. The Bertz CT molecular complexity index is 116. The van der Waals surface area contributed by atoms with Gasteiger partial charge in [0.15, 0.2) is 0 Å². The van der Waals surface area contributed by atoms with Crippen LogP contribution in [0, 0.1) is 0 Å². The average Bonchev–Trinajstić information content (AvgIpc) is 1.68. The zero-order chi connectivity index (χ0) is 5.70. The minimum absolute atomic E-state index is 0.243. The summed E-state index contributed by atoms with van der Waals surface area (Å²) in [6.45, 7) is 0. The molecule has 7 heavy (non-hydrogen) atoms. The lowest BCUT2D eigenvalue weighted by molar-refractivity contribution is -0.115. The van der Waals surface area contributed by atoms with E-state index < -0.39 is 5.91 Å². The molecule has 0 aliphatic heterocycles. The normalized spacial score (nSPS) is 7.00. The Morgan fingerprint density at radius 1 is 1.86 bits per heavy atom. The number of hydrogen-bond donors (Lipinski definition) is 0. The van der Waals surface area contributed by atoms with Gasteiger partial charge in [0, 0.05) is 0 Å². The third-order valence-corrected chi connectivity index (χ3v) is 0.937. The van der Waals surface area contributed by atoms with Gasteiger partial charge in [0.2, 0.25) is 6.08 Å². The molecule has 38 valence electrons. The molecule has 0 rings (SSSR count). The van der Waals surface area contributed by atoms with E-state index in [-0.39, 0.29) is 4.43 Å². The molecule has 0 saturated carbocycles. The number of carbonyl (C=O) groups excluding carboxylic acids is 2. The van der Waals surface area contributed by atoms with Crippen LogP contribution in [0.15, 0.2) is 4.99 Å². The number of carbonyl (C=O) groups is 1. The number of halogens is 1. The molecule has 4 heteroatoms. The molecule has 0 fully saturated rings. The van der Waals surface area contributed by atoms with Crippen molar-refractivity contribution in [3.05, 3.63) is 0 Å². The minimum Gasteiger partial charge on any atom is -0.271 e. The van der Waals surface area contributed by atoms with Gasteiger partial charge in [-0.15, -0.1) is 4.99 Å². The maximum absolute atomic E-state index is 9.98. The molecule has 1 amide bonds. The molecule has 0 aromatic carbocycles. The largest absolute Gasteiger partial charge is 0.271 e. The molecule has 0 bridgehead atoms. The van der Waals surface area contributed by atoms with E-state index in [0.717, 1.165) is 6.08 Å². The van der Waals surface area contributed by atoms with E-state index in [9.17, 15) is 9.59 Å². The molecule has 0 N–H and O–H groups in total. The van der Waals surface area contributed by atoms with Crippen molar-refractivity contribution in [2.24, 2.45) is 4.99 Å². The van der Waals surface area contributed by atoms with Gasteiger partial charge in [-0.25, -0.2) is 4.79 Å². The van der Waals surface area contributed by atoms with Crippen LogP contribution in [-0.4, -0.2) is 16.4 Å². The number of aliphatic imine (C=N–C) groups is 1.